The average molecular weight is 355 g/mol. The summed E-state index contributed by atoms with van der Waals surface area (Å²) in [6, 6.07) is 2.15. The lowest BCUT2D eigenvalue weighted by molar-refractivity contribution is -0.146. The first kappa shape index (κ1) is 16.3. The van der Waals surface area contributed by atoms with E-state index in [0.717, 1.165) is 35.0 Å². The van der Waals surface area contributed by atoms with Crippen LogP contribution in [0.1, 0.15) is 49.8 Å². The highest BCUT2D eigenvalue weighted by Gasteiger charge is 2.31. The number of hydrogen-bond donors (Lipinski definition) is 1. The van der Waals surface area contributed by atoms with Crippen molar-refractivity contribution >= 4 is 21.9 Å². The lowest BCUT2D eigenvalue weighted by Gasteiger charge is -2.25. The molecule has 1 aromatic rings. The Labute approximate surface area is 134 Å². The van der Waals surface area contributed by atoms with E-state index in [-0.39, 0.29) is 0 Å². The van der Waals surface area contributed by atoms with E-state index >= 15 is 0 Å². The number of halogens is 1. The Morgan fingerprint density at radius 2 is 2.00 bits per heavy atom. The summed E-state index contributed by atoms with van der Waals surface area (Å²) in [6.07, 6.45) is 6.18. The number of rotatable bonds is 4. The molecule has 0 atom stereocenters. The molecule has 0 saturated carbocycles. The van der Waals surface area contributed by atoms with Crippen molar-refractivity contribution in [1.82, 2.24) is 0 Å². The smallest absolute Gasteiger partial charge is 0.309 e. The highest BCUT2D eigenvalue weighted by Crippen LogP contribution is 2.40. The number of ether oxygens (including phenoxy) is 1. The van der Waals surface area contributed by atoms with Crippen LogP contribution in [0, 0.1) is 5.41 Å². The molecule has 21 heavy (non-hydrogen) atoms. The Bertz CT molecular complexity index is 549. The second-order valence-corrected chi connectivity index (χ2v) is 7.29. The second kappa shape index (κ2) is 6.39. The Hall–Kier alpha value is -1.03. The van der Waals surface area contributed by atoms with Gasteiger partial charge in [-0.05, 0) is 84.6 Å². The van der Waals surface area contributed by atoms with E-state index in [1.54, 1.807) is 21.0 Å². The van der Waals surface area contributed by atoms with E-state index in [1.807, 2.05) is 0 Å². The molecule has 0 aliphatic heterocycles. The fourth-order valence-corrected chi connectivity index (χ4v) is 3.71. The monoisotopic (exact) mass is 354 g/mol. The first-order valence-electron chi connectivity index (χ1n) is 7.47. The van der Waals surface area contributed by atoms with Gasteiger partial charge in [-0.1, -0.05) is 6.42 Å². The molecule has 0 saturated heterocycles. The molecule has 1 aliphatic rings. The minimum Gasteiger partial charge on any atom is -0.495 e. The van der Waals surface area contributed by atoms with Gasteiger partial charge in [0.2, 0.25) is 0 Å². The van der Waals surface area contributed by atoms with Crippen LogP contribution in [0.2, 0.25) is 0 Å². The van der Waals surface area contributed by atoms with E-state index in [4.69, 9.17) is 4.74 Å². The molecule has 0 unspecified atom stereocenters. The molecule has 1 aromatic carbocycles. The topological polar surface area (TPSA) is 46.5 Å². The maximum atomic E-state index is 11.5. The van der Waals surface area contributed by atoms with Gasteiger partial charge in [-0.3, -0.25) is 4.79 Å². The second-order valence-electron chi connectivity index (χ2n) is 6.43. The van der Waals surface area contributed by atoms with Crippen LogP contribution in [0.5, 0.6) is 5.75 Å². The van der Waals surface area contributed by atoms with E-state index in [2.05, 4.69) is 22.0 Å². The number of fused-ring (bicyclic) bond motifs is 1. The van der Waals surface area contributed by atoms with Crippen LogP contribution in [0.3, 0.4) is 0 Å². The molecule has 1 aliphatic carbocycles. The van der Waals surface area contributed by atoms with Gasteiger partial charge in [-0.15, -0.1) is 0 Å². The van der Waals surface area contributed by atoms with Crippen molar-refractivity contribution in [3.8, 4) is 5.75 Å². The van der Waals surface area contributed by atoms with Crippen LogP contribution < -0.4 is 4.74 Å². The van der Waals surface area contributed by atoms with Crippen molar-refractivity contribution < 1.29 is 14.6 Å². The van der Waals surface area contributed by atoms with Crippen molar-refractivity contribution in [3.05, 3.63) is 27.2 Å². The summed E-state index contributed by atoms with van der Waals surface area (Å²) in [6.45, 7) is 3.55. The number of benzene rings is 1. The molecule has 0 spiro atoms. The molecule has 3 nitrogen and oxygen atoms in total. The molecule has 0 aromatic heterocycles. The largest absolute Gasteiger partial charge is 0.495 e. The number of carbonyl (C=O) groups is 1. The lowest BCUT2D eigenvalue weighted by Crippen LogP contribution is -2.27. The number of carboxylic acids is 1. The summed E-state index contributed by atoms with van der Waals surface area (Å²) in [5, 5.41) is 9.44. The number of carboxylic acid groups (broad SMARTS) is 1. The number of hydrogen-bond acceptors (Lipinski definition) is 2. The predicted molar refractivity (Wildman–Crippen MR) is 87.1 cm³/mol. The Morgan fingerprint density at radius 1 is 1.33 bits per heavy atom. The molecule has 2 rings (SSSR count). The summed E-state index contributed by atoms with van der Waals surface area (Å²) >= 11 is 3.58. The highest BCUT2D eigenvalue weighted by atomic mass is 79.9. The maximum Gasteiger partial charge on any atom is 0.309 e. The van der Waals surface area contributed by atoms with Crippen molar-refractivity contribution in [1.29, 1.82) is 0 Å². The van der Waals surface area contributed by atoms with Gasteiger partial charge in [0.15, 0.2) is 0 Å². The Kier molecular flexibility index (Phi) is 4.97. The highest BCUT2D eigenvalue weighted by molar-refractivity contribution is 9.10. The predicted octanol–water partition coefficient (Wildman–Crippen LogP) is 4.38. The molecule has 116 valence electrons. The van der Waals surface area contributed by atoms with Crippen LogP contribution in [0.15, 0.2) is 10.5 Å². The van der Waals surface area contributed by atoms with Crippen LogP contribution in [-0.2, 0) is 24.1 Å². The third kappa shape index (κ3) is 3.42. The third-order valence-corrected chi connectivity index (χ3v) is 4.91. The number of aryl methyl sites for hydroxylation is 1. The van der Waals surface area contributed by atoms with E-state index in [9.17, 15) is 9.90 Å². The summed E-state index contributed by atoms with van der Waals surface area (Å²) in [5.74, 6) is 0.0249. The van der Waals surface area contributed by atoms with Crippen LogP contribution in [0.25, 0.3) is 0 Å². The summed E-state index contributed by atoms with van der Waals surface area (Å²) in [4.78, 5) is 11.5. The van der Waals surface area contributed by atoms with Gasteiger partial charge in [0.1, 0.15) is 5.75 Å². The van der Waals surface area contributed by atoms with Crippen molar-refractivity contribution in [2.24, 2.45) is 5.41 Å². The van der Waals surface area contributed by atoms with Gasteiger partial charge in [-0.25, -0.2) is 0 Å². The lowest BCUT2D eigenvalue weighted by atomic mass is 9.82. The first-order valence-corrected chi connectivity index (χ1v) is 8.26. The molecular formula is C17H23BrO3. The van der Waals surface area contributed by atoms with Crippen LogP contribution in [-0.4, -0.2) is 18.2 Å². The molecule has 0 radical (unpaired) electrons. The minimum absolute atomic E-state index is 0.493. The molecule has 4 heteroatoms. The number of aliphatic carboxylic acids is 1. The maximum absolute atomic E-state index is 11.5. The van der Waals surface area contributed by atoms with Gasteiger partial charge in [-0.2, -0.15) is 0 Å². The molecule has 0 fully saturated rings. The molecule has 0 amide bonds. The zero-order valence-corrected chi connectivity index (χ0v) is 14.5. The average Bonchev–Trinajstić information content (AvgIpc) is 2.63. The minimum atomic E-state index is -0.797. The summed E-state index contributed by atoms with van der Waals surface area (Å²) in [5.41, 5.74) is 2.92. The molecule has 0 heterocycles. The van der Waals surface area contributed by atoms with E-state index < -0.39 is 11.4 Å². The van der Waals surface area contributed by atoms with Gasteiger partial charge >= 0.3 is 5.97 Å². The molecule has 1 N–H and O–H groups in total. The normalized spacial score (nSPS) is 15.2. The Balaban J connectivity index is 2.55. The fourth-order valence-electron chi connectivity index (χ4n) is 3.03. The van der Waals surface area contributed by atoms with Gasteiger partial charge in [0, 0.05) is 0 Å². The van der Waals surface area contributed by atoms with E-state index in [0.29, 0.717) is 6.42 Å². The van der Waals surface area contributed by atoms with Crippen molar-refractivity contribution in [2.75, 3.05) is 7.11 Å². The zero-order valence-electron chi connectivity index (χ0n) is 13.0. The first-order chi connectivity index (χ1) is 9.86. The summed E-state index contributed by atoms with van der Waals surface area (Å²) < 4.78 is 6.50. The van der Waals surface area contributed by atoms with Crippen LogP contribution >= 0.6 is 15.9 Å². The van der Waals surface area contributed by atoms with Gasteiger partial charge in [0.25, 0.3) is 0 Å². The fraction of sp³-hybridized carbons (Fsp3) is 0.588. The zero-order chi connectivity index (χ0) is 15.6. The van der Waals surface area contributed by atoms with Crippen molar-refractivity contribution in [2.45, 2.75) is 52.4 Å². The molecular weight excluding hydrogens is 332 g/mol. The van der Waals surface area contributed by atoms with Crippen molar-refractivity contribution in [3.63, 3.8) is 0 Å². The standard InChI is InChI=1S/C17H23BrO3/c1-17(2,16(19)20)10-13-12-8-6-4-5-7-11(12)9-14(18)15(13)21-3/h9H,4-8,10H2,1-3H3,(H,19,20). The van der Waals surface area contributed by atoms with Gasteiger partial charge < -0.3 is 9.84 Å². The SMILES string of the molecule is COc1c(Br)cc2c(c1CC(C)(C)C(=O)O)CCCCC2. The summed E-state index contributed by atoms with van der Waals surface area (Å²) in [7, 11) is 1.65. The van der Waals surface area contributed by atoms with Crippen LogP contribution in [0.4, 0.5) is 0 Å². The van der Waals surface area contributed by atoms with Gasteiger partial charge in [0.05, 0.1) is 17.0 Å². The quantitative estimate of drug-likeness (QED) is 0.816. The number of methoxy groups -OCH3 is 1. The third-order valence-electron chi connectivity index (χ3n) is 4.32. The molecule has 0 bridgehead atoms. The Morgan fingerprint density at radius 3 is 2.62 bits per heavy atom. The van der Waals surface area contributed by atoms with E-state index in [1.165, 1.54) is 24.0 Å².